The van der Waals surface area contributed by atoms with Gasteiger partial charge < -0.3 is 0 Å². The van der Waals surface area contributed by atoms with Crippen LogP contribution in [0.25, 0.3) is 88.7 Å². The summed E-state index contributed by atoms with van der Waals surface area (Å²) in [6.45, 7) is 0. The first kappa shape index (κ1) is 27.8. The molecule has 0 atom stereocenters. The van der Waals surface area contributed by atoms with Crippen LogP contribution in [-0.4, -0.2) is 15.0 Å². The molecule has 0 aliphatic heterocycles. The molecule has 0 aliphatic rings. The van der Waals surface area contributed by atoms with Crippen molar-refractivity contribution < 1.29 is 0 Å². The third-order valence-corrected chi connectivity index (χ3v) is 9.10. The number of fused-ring (bicyclic) bond motifs is 4. The fourth-order valence-corrected chi connectivity index (χ4v) is 6.80. The molecular formula is C45H29N3. The van der Waals surface area contributed by atoms with Crippen molar-refractivity contribution in [3.8, 4) is 56.4 Å². The van der Waals surface area contributed by atoms with Crippen molar-refractivity contribution in [2.45, 2.75) is 0 Å². The van der Waals surface area contributed by atoms with E-state index < -0.39 is 0 Å². The Bertz CT molecular complexity index is 2600. The molecule has 0 saturated carbocycles. The van der Waals surface area contributed by atoms with Crippen molar-refractivity contribution in [2.24, 2.45) is 0 Å². The van der Waals surface area contributed by atoms with E-state index in [9.17, 15) is 0 Å². The van der Waals surface area contributed by atoms with Crippen LogP contribution in [0.2, 0.25) is 0 Å². The van der Waals surface area contributed by atoms with Gasteiger partial charge in [0.1, 0.15) is 0 Å². The molecule has 1 aromatic heterocycles. The first-order valence-corrected chi connectivity index (χ1v) is 16.2. The van der Waals surface area contributed by atoms with Crippen LogP contribution in [-0.2, 0) is 0 Å². The molecule has 0 bridgehead atoms. The van der Waals surface area contributed by atoms with Crippen LogP contribution in [0.3, 0.4) is 0 Å². The van der Waals surface area contributed by atoms with Gasteiger partial charge in [-0.3, -0.25) is 0 Å². The van der Waals surface area contributed by atoms with Crippen LogP contribution in [0.4, 0.5) is 0 Å². The van der Waals surface area contributed by atoms with E-state index in [2.05, 4.69) is 152 Å². The van der Waals surface area contributed by atoms with Crippen LogP contribution in [0.1, 0.15) is 0 Å². The van der Waals surface area contributed by atoms with Gasteiger partial charge in [-0.05, 0) is 67.4 Å². The fraction of sp³-hybridized carbons (Fsp3) is 0. The summed E-state index contributed by atoms with van der Waals surface area (Å²) in [5, 5.41) is 6.92. The molecule has 224 valence electrons. The van der Waals surface area contributed by atoms with Crippen LogP contribution in [0, 0.1) is 0 Å². The maximum absolute atomic E-state index is 5.37. The summed E-state index contributed by atoms with van der Waals surface area (Å²) in [7, 11) is 0. The Kier molecular flexibility index (Phi) is 6.80. The zero-order valence-corrected chi connectivity index (χ0v) is 26.1. The highest BCUT2D eigenvalue weighted by Crippen LogP contribution is 2.41. The molecule has 0 aliphatic carbocycles. The van der Waals surface area contributed by atoms with Gasteiger partial charge in [-0.25, -0.2) is 15.0 Å². The van der Waals surface area contributed by atoms with Gasteiger partial charge in [0.05, 0.1) is 0 Å². The van der Waals surface area contributed by atoms with Gasteiger partial charge in [0.15, 0.2) is 17.5 Å². The standard InChI is InChI=1S/C45H29N3/c1-4-14-30(15-5-1)34-26-27-39(40(29-34)31-16-6-2-7-17-31)44-46-43(33-19-8-3-9-20-33)47-45(48-44)42-38-23-13-11-21-35(38)28-36-25-24-32-18-10-12-22-37(32)41(36)42/h1-29H. The van der Waals surface area contributed by atoms with Crippen molar-refractivity contribution >= 4 is 32.3 Å². The summed E-state index contributed by atoms with van der Waals surface area (Å²) in [5.74, 6) is 1.94. The van der Waals surface area contributed by atoms with E-state index in [4.69, 9.17) is 15.0 Å². The first-order valence-electron chi connectivity index (χ1n) is 16.2. The summed E-state index contributed by atoms with van der Waals surface area (Å²) >= 11 is 0. The molecule has 0 unspecified atom stereocenters. The number of hydrogen-bond donors (Lipinski definition) is 0. The maximum atomic E-state index is 5.37. The van der Waals surface area contributed by atoms with Gasteiger partial charge in [-0.2, -0.15) is 0 Å². The lowest BCUT2D eigenvalue weighted by atomic mass is 9.92. The van der Waals surface area contributed by atoms with Gasteiger partial charge >= 0.3 is 0 Å². The van der Waals surface area contributed by atoms with E-state index in [-0.39, 0.29) is 0 Å². The molecule has 3 heteroatoms. The van der Waals surface area contributed by atoms with Crippen molar-refractivity contribution in [1.29, 1.82) is 0 Å². The molecule has 3 nitrogen and oxygen atoms in total. The molecule has 0 radical (unpaired) electrons. The summed E-state index contributed by atoms with van der Waals surface area (Å²) in [6.07, 6.45) is 0. The van der Waals surface area contributed by atoms with E-state index in [0.29, 0.717) is 17.5 Å². The van der Waals surface area contributed by atoms with Crippen LogP contribution in [0.15, 0.2) is 176 Å². The van der Waals surface area contributed by atoms with Crippen molar-refractivity contribution in [3.05, 3.63) is 176 Å². The number of nitrogens with zero attached hydrogens (tertiary/aromatic N) is 3. The Balaban J connectivity index is 1.38. The Hall–Kier alpha value is -6.45. The predicted molar refractivity (Wildman–Crippen MR) is 200 cm³/mol. The van der Waals surface area contributed by atoms with Gasteiger partial charge in [-0.15, -0.1) is 0 Å². The third kappa shape index (κ3) is 4.90. The minimum absolute atomic E-state index is 0.638. The lowest BCUT2D eigenvalue weighted by Crippen LogP contribution is -2.02. The number of hydrogen-bond acceptors (Lipinski definition) is 3. The maximum Gasteiger partial charge on any atom is 0.165 e. The van der Waals surface area contributed by atoms with E-state index >= 15 is 0 Å². The molecule has 0 spiro atoms. The highest BCUT2D eigenvalue weighted by Gasteiger charge is 2.20. The lowest BCUT2D eigenvalue weighted by molar-refractivity contribution is 1.08. The Morgan fingerprint density at radius 3 is 1.60 bits per heavy atom. The zero-order valence-electron chi connectivity index (χ0n) is 26.1. The highest BCUT2D eigenvalue weighted by atomic mass is 15.0. The molecule has 9 aromatic rings. The zero-order chi connectivity index (χ0) is 31.9. The Morgan fingerprint density at radius 1 is 0.292 bits per heavy atom. The number of aromatic nitrogens is 3. The fourth-order valence-electron chi connectivity index (χ4n) is 6.80. The molecule has 0 amide bonds. The van der Waals surface area contributed by atoms with Gasteiger partial charge in [0.25, 0.3) is 0 Å². The van der Waals surface area contributed by atoms with Gasteiger partial charge in [0, 0.05) is 22.1 Å². The molecular weight excluding hydrogens is 583 g/mol. The first-order chi connectivity index (χ1) is 23.8. The molecule has 8 aromatic carbocycles. The summed E-state index contributed by atoms with van der Waals surface area (Å²) < 4.78 is 0. The van der Waals surface area contributed by atoms with E-state index in [1.165, 1.54) is 10.8 Å². The molecule has 1 heterocycles. The number of benzene rings is 8. The monoisotopic (exact) mass is 611 g/mol. The largest absolute Gasteiger partial charge is 0.208 e. The Morgan fingerprint density at radius 2 is 0.854 bits per heavy atom. The summed E-state index contributed by atoms with van der Waals surface area (Å²) in [6, 6.07) is 61.6. The van der Waals surface area contributed by atoms with E-state index in [1.54, 1.807) is 0 Å². The molecule has 0 fully saturated rings. The summed E-state index contributed by atoms with van der Waals surface area (Å²) in [4.78, 5) is 15.8. The van der Waals surface area contributed by atoms with Crippen molar-refractivity contribution in [3.63, 3.8) is 0 Å². The van der Waals surface area contributed by atoms with Gasteiger partial charge in [-0.1, -0.05) is 158 Å². The second-order valence-electron chi connectivity index (χ2n) is 12.0. The topological polar surface area (TPSA) is 38.7 Å². The SMILES string of the molecule is c1ccc(-c2ccc(-c3nc(-c4ccccc4)nc(-c4c5ccccc5cc5ccc6ccccc6c45)n3)c(-c3ccccc3)c2)cc1. The minimum atomic E-state index is 0.638. The van der Waals surface area contributed by atoms with E-state index in [0.717, 1.165) is 60.5 Å². The van der Waals surface area contributed by atoms with Crippen LogP contribution in [0.5, 0.6) is 0 Å². The molecule has 9 rings (SSSR count). The van der Waals surface area contributed by atoms with E-state index in [1.807, 2.05) is 24.3 Å². The second kappa shape index (κ2) is 11.7. The molecule has 0 saturated heterocycles. The molecule has 48 heavy (non-hydrogen) atoms. The van der Waals surface area contributed by atoms with Crippen molar-refractivity contribution in [2.75, 3.05) is 0 Å². The van der Waals surface area contributed by atoms with Crippen molar-refractivity contribution in [1.82, 2.24) is 15.0 Å². The van der Waals surface area contributed by atoms with Crippen LogP contribution < -0.4 is 0 Å². The quantitative estimate of drug-likeness (QED) is 0.144. The number of rotatable bonds is 5. The van der Waals surface area contributed by atoms with Crippen LogP contribution >= 0.6 is 0 Å². The normalized spacial score (nSPS) is 11.3. The van der Waals surface area contributed by atoms with Gasteiger partial charge in [0.2, 0.25) is 0 Å². The third-order valence-electron chi connectivity index (χ3n) is 9.10. The smallest absolute Gasteiger partial charge is 0.165 e. The Labute approximate surface area is 278 Å². The lowest BCUT2D eigenvalue weighted by Gasteiger charge is -2.16. The summed E-state index contributed by atoms with van der Waals surface area (Å²) in [5.41, 5.74) is 7.40. The minimum Gasteiger partial charge on any atom is -0.208 e. The highest BCUT2D eigenvalue weighted by molar-refractivity contribution is 6.21. The average Bonchev–Trinajstić information content (AvgIpc) is 3.17. The average molecular weight is 612 g/mol. The second-order valence-corrected chi connectivity index (χ2v) is 12.0. The molecule has 0 N–H and O–H groups in total. The predicted octanol–water partition coefficient (Wildman–Crippen LogP) is 11.7.